The Bertz CT molecular complexity index is 559. The van der Waals surface area contributed by atoms with Crippen molar-refractivity contribution in [2.75, 3.05) is 5.08 Å². The average molecular weight is 287 g/mol. The smallest absolute Gasteiger partial charge is 0.326 e. The molecule has 1 aromatic rings. The third-order valence-corrected chi connectivity index (χ3v) is 4.37. The Morgan fingerprint density at radius 2 is 1.62 bits per heavy atom. The molecular weight excluding hydrogens is 280 g/mol. The molecule has 0 amide bonds. The maximum absolute atomic E-state index is 11.1. The molecule has 0 aliphatic rings. The van der Waals surface area contributed by atoms with Gasteiger partial charge in [0.05, 0.1) is 0 Å². The van der Waals surface area contributed by atoms with E-state index in [0.717, 1.165) is 0 Å². The molecule has 0 aliphatic heterocycles. The lowest BCUT2D eigenvalue weighted by Gasteiger charge is -2.04. The first-order chi connectivity index (χ1) is 7.18. The van der Waals surface area contributed by atoms with Crippen LogP contribution in [0.4, 0.5) is 0 Å². The van der Waals surface area contributed by atoms with Crippen LogP contribution < -0.4 is 4.18 Å². The van der Waals surface area contributed by atoms with Crippen molar-refractivity contribution in [2.24, 2.45) is 0 Å². The van der Waals surface area contributed by atoms with Crippen LogP contribution in [0.15, 0.2) is 24.3 Å². The Hall–Kier alpha value is -0.830. The van der Waals surface area contributed by atoms with Gasteiger partial charge in [0.25, 0.3) is 10.1 Å². The molecule has 90 valence electrons. The van der Waals surface area contributed by atoms with E-state index in [4.69, 9.17) is 16.2 Å². The van der Waals surface area contributed by atoms with Crippen LogP contribution in [0, 0.1) is 0 Å². The summed E-state index contributed by atoms with van der Waals surface area (Å²) in [5.41, 5.74) is 0. The third-order valence-electron chi connectivity index (χ3n) is 1.33. The highest BCUT2D eigenvalue weighted by Crippen LogP contribution is 2.17. The van der Waals surface area contributed by atoms with E-state index >= 15 is 0 Å². The molecule has 0 aliphatic carbocycles. The fourth-order valence-electron chi connectivity index (χ4n) is 0.843. The first-order valence-corrected chi connectivity index (χ1v) is 7.37. The number of hydrogen-bond acceptors (Lipinski definition) is 5. The van der Waals surface area contributed by atoms with Crippen LogP contribution in [0.1, 0.15) is 0 Å². The summed E-state index contributed by atoms with van der Waals surface area (Å²) in [5, 5.41) is -1.12. The summed E-state index contributed by atoms with van der Waals surface area (Å²) >= 11 is 5.55. The summed E-state index contributed by atoms with van der Waals surface area (Å²) in [6.45, 7) is 0. The van der Waals surface area contributed by atoms with Crippen LogP contribution in [0.25, 0.3) is 0 Å². The van der Waals surface area contributed by atoms with Crippen molar-refractivity contribution in [3.8, 4) is 5.75 Å². The van der Waals surface area contributed by atoms with E-state index in [0.29, 0.717) is 5.02 Å². The normalized spacial score (nSPS) is 12.4. The molecule has 0 heterocycles. The largest absolute Gasteiger partial charge is 0.382 e. The van der Waals surface area contributed by atoms with E-state index in [1.54, 1.807) is 0 Å². The van der Waals surface area contributed by atoms with Gasteiger partial charge in [-0.2, -0.15) is 16.8 Å². The van der Waals surface area contributed by atoms with Crippen molar-refractivity contribution >= 4 is 31.8 Å². The number of rotatable bonds is 4. The highest BCUT2D eigenvalue weighted by Gasteiger charge is 2.21. The van der Waals surface area contributed by atoms with Gasteiger partial charge in [-0.3, -0.25) is 4.55 Å². The van der Waals surface area contributed by atoms with Gasteiger partial charge < -0.3 is 4.18 Å². The van der Waals surface area contributed by atoms with E-state index < -0.39 is 25.3 Å². The highest BCUT2D eigenvalue weighted by atomic mass is 35.5. The molecule has 0 atom stereocenters. The molecule has 9 heteroatoms. The van der Waals surface area contributed by atoms with Crippen LogP contribution in [0.5, 0.6) is 5.75 Å². The lowest BCUT2D eigenvalue weighted by molar-refractivity contribution is 0.473. The molecule has 0 spiro atoms. The van der Waals surface area contributed by atoms with Crippen molar-refractivity contribution in [3.63, 3.8) is 0 Å². The van der Waals surface area contributed by atoms with Crippen molar-refractivity contribution < 1.29 is 25.6 Å². The Morgan fingerprint density at radius 1 is 1.12 bits per heavy atom. The minimum atomic E-state index is -4.65. The van der Waals surface area contributed by atoms with Gasteiger partial charge in [-0.15, -0.1) is 0 Å². The summed E-state index contributed by atoms with van der Waals surface area (Å²) in [6.07, 6.45) is 0. The van der Waals surface area contributed by atoms with Gasteiger partial charge in [0.15, 0.2) is 0 Å². The van der Waals surface area contributed by atoms with Crippen molar-refractivity contribution in [3.05, 3.63) is 29.3 Å². The van der Waals surface area contributed by atoms with Crippen LogP contribution in [-0.4, -0.2) is 26.5 Å². The summed E-state index contributed by atoms with van der Waals surface area (Å²) in [5.74, 6) is -0.0898. The number of hydrogen-bond donors (Lipinski definition) is 1. The molecule has 0 fully saturated rings. The molecule has 1 aromatic carbocycles. The Kier molecular flexibility index (Phi) is 3.79. The second kappa shape index (κ2) is 4.58. The van der Waals surface area contributed by atoms with Crippen LogP contribution in [-0.2, 0) is 20.2 Å². The van der Waals surface area contributed by atoms with Crippen molar-refractivity contribution in [2.45, 2.75) is 0 Å². The maximum atomic E-state index is 11.1. The molecule has 0 aromatic heterocycles. The predicted octanol–water partition coefficient (Wildman–Crippen LogP) is 0.894. The van der Waals surface area contributed by atoms with Gasteiger partial charge in [-0.1, -0.05) is 11.6 Å². The lowest BCUT2D eigenvalue weighted by atomic mass is 10.3. The van der Waals surface area contributed by atoms with Gasteiger partial charge in [-0.05, 0) is 24.3 Å². The first-order valence-electron chi connectivity index (χ1n) is 3.81. The van der Waals surface area contributed by atoms with Gasteiger partial charge in [0.1, 0.15) is 5.75 Å². The molecule has 6 nitrogen and oxygen atoms in total. The minimum Gasteiger partial charge on any atom is -0.382 e. The standard InChI is InChI=1S/C7H7ClO6S2/c8-6-1-3-7(4-2-6)14-16(12,13)5-15(9,10)11/h1-4H,5H2,(H,9,10,11). The Morgan fingerprint density at radius 3 is 2.06 bits per heavy atom. The summed E-state index contributed by atoms with van der Waals surface area (Å²) in [4.78, 5) is 0. The third kappa shape index (κ3) is 4.79. The molecule has 1 rings (SSSR count). The molecule has 0 bridgehead atoms. The van der Waals surface area contributed by atoms with E-state index in [1.165, 1.54) is 24.3 Å². The molecule has 16 heavy (non-hydrogen) atoms. The fraction of sp³-hybridized carbons (Fsp3) is 0.143. The second-order valence-electron chi connectivity index (χ2n) is 2.79. The summed E-state index contributed by atoms with van der Waals surface area (Å²) < 4.78 is 55.7. The predicted molar refractivity (Wildman–Crippen MR) is 57.4 cm³/mol. The zero-order valence-corrected chi connectivity index (χ0v) is 10.1. The first kappa shape index (κ1) is 13.2. The van der Waals surface area contributed by atoms with E-state index in [-0.39, 0.29) is 5.75 Å². The zero-order chi connectivity index (χ0) is 12.4. The highest BCUT2D eigenvalue weighted by molar-refractivity contribution is 8.03. The minimum absolute atomic E-state index is 0.0898. The van der Waals surface area contributed by atoms with Gasteiger partial charge >= 0.3 is 10.1 Å². The van der Waals surface area contributed by atoms with Crippen molar-refractivity contribution in [1.82, 2.24) is 0 Å². The number of benzene rings is 1. The van der Waals surface area contributed by atoms with Crippen LogP contribution in [0.2, 0.25) is 5.02 Å². The van der Waals surface area contributed by atoms with Gasteiger partial charge in [0.2, 0.25) is 5.08 Å². The molecule has 0 unspecified atom stereocenters. The van der Waals surface area contributed by atoms with E-state index in [9.17, 15) is 16.8 Å². The summed E-state index contributed by atoms with van der Waals surface area (Å²) in [7, 11) is -9.04. The Labute approximate surface area is 97.7 Å². The van der Waals surface area contributed by atoms with E-state index in [2.05, 4.69) is 4.18 Å². The van der Waals surface area contributed by atoms with Gasteiger partial charge in [-0.25, -0.2) is 0 Å². The number of halogens is 1. The molecular formula is C7H7ClO6S2. The van der Waals surface area contributed by atoms with Crippen LogP contribution >= 0.6 is 11.6 Å². The summed E-state index contributed by atoms with van der Waals surface area (Å²) in [6, 6.07) is 5.26. The quantitative estimate of drug-likeness (QED) is 0.652. The molecule has 1 N–H and O–H groups in total. The van der Waals surface area contributed by atoms with Crippen LogP contribution in [0.3, 0.4) is 0 Å². The monoisotopic (exact) mass is 286 g/mol. The van der Waals surface area contributed by atoms with Gasteiger partial charge in [0, 0.05) is 5.02 Å². The average Bonchev–Trinajstić information content (AvgIpc) is 2.04. The maximum Gasteiger partial charge on any atom is 0.326 e. The molecule has 0 saturated heterocycles. The SMILES string of the molecule is O=S(=O)(O)CS(=O)(=O)Oc1ccc(Cl)cc1. The van der Waals surface area contributed by atoms with E-state index in [1.807, 2.05) is 0 Å². The fourth-order valence-corrected chi connectivity index (χ4v) is 3.03. The topological polar surface area (TPSA) is 97.7 Å². The lowest BCUT2D eigenvalue weighted by Crippen LogP contribution is -2.20. The van der Waals surface area contributed by atoms with Crippen molar-refractivity contribution in [1.29, 1.82) is 0 Å². The second-order valence-corrected chi connectivity index (χ2v) is 6.62. The molecule has 0 saturated carbocycles. The Balaban J connectivity index is 2.85. The molecule has 0 radical (unpaired) electrons. The zero-order valence-electron chi connectivity index (χ0n) is 7.70.